The Kier molecular flexibility index (Phi) is 5.16. The van der Waals surface area contributed by atoms with Crippen molar-refractivity contribution in [2.75, 3.05) is 6.54 Å². The van der Waals surface area contributed by atoms with Crippen LogP contribution in [0.2, 0.25) is 5.02 Å². The molecule has 0 aliphatic carbocycles. The summed E-state index contributed by atoms with van der Waals surface area (Å²) in [5.74, 6) is 0.221. The summed E-state index contributed by atoms with van der Waals surface area (Å²) in [5.41, 5.74) is 6.43. The van der Waals surface area contributed by atoms with Gasteiger partial charge in [-0.2, -0.15) is 0 Å². The van der Waals surface area contributed by atoms with E-state index < -0.39 is 10.0 Å². The van der Waals surface area contributed by atoms with Gasteiger partial charge in [-0.05, 0) is 36.6 Å². The minimum Gasteiger partial charge on any atom is -0.326 e. The maximum atomic E-state index is 12.1. The molecule has 4 nitrogen and oxygen atoms in total. The monoisotopic (exact) mass is 290 g/mol. The van der Waals surface area contributed by atoms with Gasteiger partial charge in [0.2, 0.25) is 10.0 Å². The summed E-state index contributed by atoms with van der Waals surface area (Å²) in [7, 11) is -3.52. The van der Waals surface area contributed by atoms with Crippen molar-refractivity contribution in [3.63, 3.8) is 0 Å². The van der Waals surface area contributed by atoms with Gasteiger partial charge in [0.25, 0.3) is 0 Å². The van der Waals surface area contributed by atoms with Crippen LogP contribution in [0.15, 0.2) is 23.1 Å². The SMILES string of the molecule is Cc1cc(Cl)ccc1S(=O)(=O)NCC(N)C(C)C. The second-order valence-corrected chi connectivity index (χ2v) is 6.84. The number of sulfonamides is 1. The Hall–Kier alpha value is -0.620. The summed E-state index contributed by atoms with van der Waals surface area (Å²) in [6.07, 6.45) is 0. The predicted molar refractivity (Wildman–Crippen MR) is 74.2 cm³/mol. The average Bonchev–Trinajstić information content (AvgIpc) is 2.25. The van der Waals surface area contributed by atoms with Crippen molar-refractivity contribution in [1.29, 1.82) is 0 Å². The van der Waals surface area contributed by atoms with E-state index in [0.29, 0.717) is 10.6 Å². The summed E-state index contributed by atoms with van der Waals surface area (Å²) >= 11 is 5.80. The predicted octanol–water partition coefficient (Wildman–Crippen LogP) is 1.91. The van der Waals surface area contributed by atoms with E-state index in [0.717, 1.165) is 0 Å². The van der Waals surface area contributed by atoms with Crippen LogP contribution >= 0.6 is 11.6 Å². The zero-order valence-corrected chi connectivity index (χ0v) is 12.3. The van der Waals surface area contributed by atoms with E-state index in [1.54, 1.807) is 19.1 Å². The molecule has 0 amide bonds. The number of aryl methyl sites for hydroxylation is 1. The second kappa shape index (κ2) is 6.02. The number of rotatable bonds is 5. The minimum atomic E-state index is -3.52. The molecule has 1 unspecified atom stereocenters. The Bertz CT molecular complexity index is 515. The molecule has 0 spiro atoms. The second-order valence-electron chi connectivity index (χ2n) is 4.67. The van der Waals surface area contributed by atoms with Crippen LogP contribution in [0.1, 0.15) is 19.4 Å². The van der Waals surface area contributed by atoms with Crippen molar-refractivity contribution in [2.45, 2.75) is 31.7 Å². The molecule has 0 saturated carbocycles. The molecule has 1 atom stereocenters. The highest BCUT2D eigenvalue weighted by Gasteiger charge is 2.18. The van der Waals surface area contributed by atoms with Crippen LogP contribution in [0.25, 0.3) is 0 Å². The Morgan fingerprint density at radius 3 is 2.50 bits per heavy atom. The van der Waals surface area contributed by atoms with Crippen LogP contribution in [0, 0.1) is 12.8 Å². The maximum Gasteiger partial charge on any atom is 0.240 e. The average molecular weight is 291 g/mol. The lowest BCUT2D eigenvalue weighted by Crippen LogP contribution is -2.40. The van der Waals surface area contributed by atoms with Crippen molar-refractivity contribution in [3.05, 3.63) is 28.8 Å². The number of halogens is 1. The molecule has 102 valence electrons. The highest BCUT2D eigenvalue weighted by atomic mass is 35.5. The van der Waals surface area contributed by atoms with Crippen molar-refractivity contribution in [1.82, 2.24) is 4.72 Å². The molecule has 1 aromatic carbocycles. The fourth-order valence-electron chi connectivity index (χ4n) is 1.43. The third-order valence-electron chi connectivity index (χ3n) is 2.79. The van der Waals surface area contributed by atoms with Crippen molar-refractivity contribution >= 4 is 21.6 Å². The van der Waals surface area contributed by atoms with Gasteiger partial charge in [-0.3, -0.25) is 0 Å². The normalized spacial score (nSPS) is 13.9. The molecule has 6 heteroatoms. The number of nitrogens with one attached hydrogen (secondary N) is 1. The van der Waals surface area contributed by atoms with E-state index in [4.69, 9.17) is 17.3 Å². The van der Waals surface area contributed by atoms with E-state index in [1.165, 1.54) is 6.07 Å². The first-order valence-corrected chi connectivity index (χ1v) is 7.61. The fraction of sp³-hybridized carbons (Fsp3) is 0.500. The summed E-state index contributed by atoms with van der Waals surface area (Å²) < 4.78 is 26.7. The smallest absolute Gasteiger partial charge is 0.240 e. The molecule has 1 rings (SSSR count). The summed E-state index contributed by atoms with van der Waals surface area (Å²) in [6.45, 7) is 5.84. The first-order valence-electron chi connectivity index (χ1n) is 5.75. The zero-order valence-electron chi connectivity index (χ0n) is 10.8. The van der Waals surface area contributed by atoms with Crippen LogP contribution in [0.5, 0.6) is 0 Å². The van der Waals surface area contributed by atoms with E-state index >= 15 is 0 Å². The topological polar surface area (TPSA) is 72.2 Å². The van der Waals surface area contributed by atoms with E-state index in [-0.39, 0.29) is 23.4 Å². The first-order chi connectivity index (χ1) is 8.24. The summed E-state index contributed by atoms with van der Waals surface area (Å²) in [6, 6.07) is 4.48. The minimum absolute atomic E-state index is 0.201. The van der Waals surface area contributed by atoms with Gasteiger partial charge in [-0.15, -0.1) is 0 Å². The Morgan fingerprint density at radius 2 is 2.00 bits per heavy atom. The van der Waals surface area contributed by atoms with Crippen molar-refractivity contribution in [3.8, 4) is 0 Å². The lowest BCUT2D eigenvalue weighted by atomic mass is 10.1. The number of hydrogen-bond acceptors (Lipinski definition) is 3. The number of hydrogen-bond donors (Lipinski definition) is 2. The van der Waals surface area contributed by atoms with Gasteiger partial charge in [-0.1, -0.05) is 25.4 Å². The summed E-state index contributed by atoms with van der Waals surface area (Å²) in [5, 5.41) is 0.519. The largest absolute Gasteiger partial charge is 0.326 e. The van der Waals surface area contributed by atoms with Gasteiger partial charge in [-0.25, -0.2) is 13.1 Å². The molecule has 0 saturated heterocycles. The molecule has 0 aliphatic heterocycles. The van der Waals surface area contributed by atoms with E-state index in [1.807, 2.05) is 13.8 Å². The van der Waals surface area contributed by atoms with Gasteiger partial charge >= 0.3 is 0 Å². The Morgan fingerprint density at radius 1 is 1.39 bits per heavy atom. The van der Waals surface area contributed by atoms with Crippen LogP contribution in [0.3, 0.4) is 0 Å². The van der Waals surface area contributed by atoms with Crippen molar-refractivity contribution in [2.24, 2.45) is 11.7 Å². The molecule has 1 aromatic rings. The summed E-state index contributed by atoms with van der Waals surface area (Å²) in [4.78, 5) is 0.239. The number of nitrogens with two attached hydrogens (primary N) is 1. The third-order valence-corrected chi connectivity index (χ3v) is 4.61. The van der Waals surface area contributed by atoms with Crippen LogP contribution in [0.4, 0.5) is 0 Å². The Labute approximate surface area is 114 Å². The van der Waals surface area contributed by atoms with Gasteiger partial charge in [0, 0.05) is 17.6 Å². The quantitative estimate of drug-likeness (QED) is 0.870. The lowest BCUT2D eigenvalue weighted by molar-refractivity contribution is 0.481. The van der Waals surface area contributed by atoms with E-state index in [2.05, 4.69) is 4.72 Å². The fourth-order valence-corrected chi connectivity index (χ4v) is 2.96. The van der Waals surface area contributed by atoms with Gasteiger partial charge < -0.3 is 5.73 Å². The molecule has 3 N–H and O–H groups in total. The molecule has 0 fully saturated rings. The highest BCUT2D eigenvalue weighted by molar-refractivity contribution is 7.89. The van der Waals surface area contributed by atoms with Crippen molar-refractivity contribution < 1.29 is 8.42 Å². The van der Waals surface area contributed by atoms with Crippen LogP contribution < -0.4 is 10.5 Å². The van der Waals surface area contributed by atoms with Gasteiger partial charge in [0.1, 0.15) is 0 Å². The molecular formula is C12H19ClN2O2S. The molecular weight excluding hydrogens is 272 g/mol. The number of benzene rings is 1. The zero-order chi connectivity index (χ0) is 13.9. The molecule has 18 heavy (non-hydrogen) atoms. The van der Waals surface area contributed by atoms with Crippen LogP contribution in [-0.4, -0.2) is 21.0 Å². The highest BCUT2D eigenvalue weighted by Crippen LogP contribution is 2.19. The van der Waals surface area contributed by atoms with E-state index in [9.17, 15) is 8.42 Å². The molecule has 0 bridgehead atoms. The molecule has 0 aromatic heterocycles. The molecule has 0 aliphatic rings. The Balaban J connectivity index is 2.87. The maximum absolute atomic E-state index is 12.1. The lowest BCUT2D eigenvalue weighted by Gasteiger charge is -2.17. The van der Waals surface area contributed by atoms with Crippen LogP contribution in [-0.2, 0) is 10.0 Å². The standard InChI is InChI=1S/C12H19ClN2O2S/c1-8(2)11(14)7-15-18(16,17)12-5-4-10(13)6-9(12)3/h4-6,8,11,15H,7,14H2,1-3H3. The third kappa shape index (κ3) is 3.95. The molecule has 0 heterocycles. The first kappa shape index (κ1) is 15.4. The molecule has 0 radical (unpaired) electrons. The van der Waals surface area contributed by atoms with Gasteiger partial charge in [0.15, 0.2) is 0 Å². The van der Waals surface area contributed by atoms with Gasteiger partial charge in [0.05, 0.1) is 4.90 Å².